The van der Waals surface area contributed by atoms with Gasteiger partial charge in [-0.15, -0.1) is 6.58 Å². The van der Waals surface area contributed by atoms with Crippen LogP contribution in [-0.2, 0) is 0 Å². The molecule has 1 atom stereocenters. The van der Waals surface area contributed by atoms with Gasteiger partial charge in [0, 0.05) is 19.2 Å². The van der Waals surface area contributed by atoms with Gasteiger partial charge in [0.1, 0.15) is 0 Å². The molecule has 1 aromatic carbocycles. The Morgan fingerprint density at radius 2 is 2.35 bits per heavy atom. The van der Waals surface area contributed by atoms with E-state index in [2.05, 4.69) is 21.0 Å². The van der Waals surface area contributed by atoms with Crippen LogP contribution in [-0.4, -0.2) is 28.9 Å². The highest BCUT2D eigenvalue weighted by Crippen LogP contribution is 2.38. The van der Waals surface area contributed by atoms with Crippen LogP contribution in [0.1, 0.15) is 29.7 Å². The topological polar surface area (TPSA) is 64.2 Å². The molecule has 0 saturated heterocycles. The van der Waals surface area contributed by atoms with Gasteiger partial charge in [-0.1, -0.05) is 6.08 Å². The Balaban J connectivity index is 2.32. The Bertz CT molecular complexity index is 716. The molecule has 20 heavy (non-hydrogen) atoms. The standard InChI is InChI=1S/C15H18N4O/c1-4-5-11-8-18(3)13-7-10(9(2)20)6-12-14(13)19(11)15(16)17-12/h4,6-7,11H,1,5,8H2,2-3H3,(H2,16,17)/t11-/m0/s1. The van der Waals surface area contributed by atoms with Crippen LogP contribution in [0.2, 0.25) is 0 Å². The Hall–Kier alpha value is -2.30. The largest absolute Gasteiger partial charge is 0.371 e. The number of allylic oxidation sites excluding steroid dienone is 1. The molecule has 0 fully saturated rings. The Labute approximate surface area is 117 Å². The summed E-state index contributed by atoms with van der Waals surface area (Å²) in [6.45, 7) is 6.21. The van der Waals surface area contributed by atoms with E-state index in [1.165, 1.54) is 0 Å². The molecular formula is C15H18N4O. The van der Waals surface area contributed by atoms with Gasteiger partial charge in [-0.25, -0.2) is 4.98 Å². The molecule has 0 radical (unpaired) electrons. The average molecular weight is 270 g/mol. The van der Waals surface area contributed by atoms with E-state index in [-0.39, 0.29) is 11.8 Å². The maximum Gasteiger partial charge on any atom is 0.201 e. The molecule has 3 rings (SSSR count). The van der Waals surface area contributed by atoms with Crippen LogP contribution in [0.25, 0.3) is 11.0 Å². The number of nitrogens with zero attached hydrogens (tertiary/aromatic N) is 3. The quantitative estimate of drug-likeness (QED) is 0.687. The second kappa shape index (κ2) is 4.37. The van der Waals surface area contributed by atoms with Crippen molar-refractivity contribution in [3.8, 4) is 0 Å². The zero-order valence-corrected chi connectivity index (χ0v) is 11.8. The molecule has 104 valence electrons. The van der Waals surface area contributed by atoms with Crippen molar-refractivity contribution in [2.45, 2.75) is 19.4 Å². The fourth-order valence-corrected chi connectivity index (χ4v) is 2.96. The van der Waals surface area contributed by atoms with Crippen molar-refractivity contribution < 1.29 is 4.79 Å². The lowest BCUT2D eigenvalue weighted by Gasteiger charge is -2.33. The van der Waals surface area contributed by atoms with Crippen molar-refractivity contribution in [3.63, 3.8) is 0 Å². The summed E-state index contributed by atoms with van der Waals surface area (Å²) in [4.78, 5) is 18.2. The van der Waals surface area contributed by atoms with E-state index in [1.54, 1.807) is 6.92 Å². The number of anilines is 2. The number of benzene rings is 1. The first-order valence-electron chi connectivity index (χ1n) is 6.67. The zero-order valence-electron chi connectivity index (χ0n) is 11.8. The summed E-state index contributed by atoms with van der Waals surface area (Å²) in [7, 11) is 2.03. The van der Waals surface area contributed by atoms with E-state index < -0.39 is 0 Å². The van der Waals surface area contributed by atoms with Gasteiger partial charge in [0.15, 0.2) is 5.78 Å². The van der Waals surface area contributed by atoms with Crippen LogP contribution in [0.15, 0.2) is 24.8 Å². The smallest absolute Gasteiger partial charge is 0.201 e. The highest BCUT2D eigenvalue weighted by Gasteiger charge is 2.27. The number of rotatable bonds is 3. The van der Waals surface area contributed by atoms with Crippen molar-refractivity contribution in [3.05, 3.63) is 30.4 Å². The maximum atomic E-state index is 11.6. The molecule has 1 aromatic heterocycles. The summed E-state index contributed by atoms with van der Waals surface area (Å²) >= 11 is 0. The monoisotopic (exact) mass is 270 g/mol. The molecule has 0 saturated carbocycles. The van der Waals surface area contributed by atoms with Gasteiger partial charge in [-0.05, 0) is 25.5 Å². The minimum absolute atomic E-state index is 0.0397. The van der Waals surface area contributed by atoms with E-state index in [4.69, 9.17) is 5.73 Å². The van der Waals surface area contributed by atoms with Crippen LogP contribution < -0.4 is 10.6 Å². The lowest BCUT2D eigenvalue weighted by atomic mass is 10.0. The third kappa shape index (κ3) is 1.70. The normalized spacial score (nSPS) is 17.5. The predicted molar refractivity (Wildman–Crippen MR) is 81.3 cm³/mol. The summed E-state index contributed by atoms with van der Waals surface area (Å²) < 4.78 is 2.07. The average Bonchev–Trinajstić information content (AvgIpc) is 2.72. The molecule has 0 amide bonds. The second-order valence-corrected chi connectivity index (χ2v) is 5.32. The molecule has 0 unspecified atom stereocenters. The molecule has 2 heterocycles. The number of nitrogens with two attached hydrogens (primary N) is 1. The predicted octanol–water partition coefficient (Wildman–Crippen LogP) is 2.39. The van der Waals surface area contributed by atoms with Crippen LogP contribution in [0, 0.1) is 0 Å². The van der Waals surface area contributed by atoms with Gasteiger partial charge in [0.2, 0.25) is 5.95 Å². The van der Waals surface area contributed by atoms with E-state index in [0.717, 1.165) is 29.7 Å². The Morgan fingerprint density at radius 1 is 1.60 bits per heavy atom. The van der Waals surface area contributed by atoms with Gasteiger partial charge in [-0.2, -0.15) is 0 Å². The summed E-state index contributed by atoms with van der Waals surface area (Å²) in [6.07, 6.45) is 2.74. The van der Waals surface area contributed by atoms with Gasteiger partial charge in [0.25, 0.3) is 0 Å². The van der Waals surface area contributed by atoms with E-state index >= 15 is 0 Å². The van der Waals surface area contributed by atoms with E-state index in [0.29, 0.717) is 11.5 Å². The highest BCUT2D eigenvalue weighted by atomic mass is 16.1. The number of nitrogen functional groups attached to an aromatic ring is 1. The van der Waals surface area contributed by atoms with Crippen LogP contribution in [0.4, 0.5) is 11.6 Å². The minimum Gasteiger partial charge on any atom is -0.371 e. The minimum atomic E-state index is 0.0397. The Morgan fingerprint density at radius 3 is 3.00 bits per heavy atom. The third-order valence-electron chi connectivity index (χ3n) is 3.90. The molecule has 0 spiro atoms. The molecule has 5 nitrogen and oxygen atoms in total. The first kappa shape index (κ1) is 12.7. The van der Waals surface area contributed by atoms with Crippen LogP contribution in [0.3, 0.4) is 0 Å². The van der Waals surface area contributed by atoms with Crippen molar-refractivity contribution in [2.24, 2.45) is 0 Å². The number of hydrogen-bond acceptors (Lipinski definition) is 4. The fraction of sp³-hybridized carbons (Fsp3) is 0.333. The lowest BCUT2D eigenvalue weighted by molar-refractivity contribution is 0.101. The molecule has 1 aliphatic rings. The number of Topliss-reactive ketones (excluding diaryl/α,β-unsaturated/α-hetero) is 1. The number of carbonyl (C=O) groups excluding carboxylic acids is 1. The summed E-state index contributed by atoms with van der Waals surface area (Å²) in [5.41, 5.74) is 9.55. The van der Waals surface area contributed by atoms with Crippen molar-refractivity contribution >= 4 is 28.5 Å². The van der Waals surface area contributed by atoms with Crippen molar-refractivity contribution in [1.82, 2.24) is 9.55 Å². The second-order valence-electron chi connectivity index (χ2n) is 5.32. The number of carbonyl (C=O) groups is 1. The first-order valence-corrected chi connectivity index (χ1v) is 6.67. The fourth-order valence-electron chi connectivity index (χ4n) is 2.96. The van der Waals surface area contributed by atoms with Gasteiger partial charge in [-0.3, -0.25) is 4.79 Å². The molecule has 2 N–H and O–H groups in total. The number of aromatic nitrogens is 2. The number of ketones is 1. The van der Waals surface area contributed by atoms with Gasteiger partial charge < -0.3 is 15.2 Å². The van der Waals surface area contributed by atoms with Crippen LogP contribution >= 0.6 is 0 Å². The lowest BCUT2D eigenvalue weighted by Crippen LogP contribution is -2.32. The third-order valence-corrected chi connectivity index (χ3v) is 3.90. The molecule has 0 bridgehead atoms. The first-order chi connectivity index (χ1) is 9.52. The number of likely N-dealkylation sites (N-methyl/N-ethyl adjacent to an activating group) is 1. The van der Waals surface area contributed by atoms with Crippen LogP contribution in [0.5, 0.6) is 0 Å². The SMILES string of the molecule is C=CC[C@H]1CN(C)c2cc(C(C)=O)cc3nc(N)n1c23. The highest BCUT2D eigenvalue weighted by molar-refractivity contribution is 6.02. The van der Waals surface area contributed by atoms with E-state index in [9.17, 15) is 4.79 Å². The molecule has 5 heteroatoms. The van der Waals surface area contributed by atoms with Gasteiger partial charge in [0.05, 0.1) is 22.8 Å². The molecule has 2 aromatic rings. The number of imidazole rings is 1. The maximum absolute atomic E-state index is 11.6. The van der Waals surface area contributed by atoms with Crippen molar-refractivity contribution in [2.75, 3.05) is 24.2 Å². The summed E-state index contributed by atoms with van der Waals surface area (Å²) in [6, 6.07) is 3.98. The molecule has 0 aliphatic carbocycles. The zero-order chi connectivity index (χ0) is 14.4. The number of hydrogen-bond donors (Lipinski definition) is 1. The summed E-state index contributed by atoms with van der Waals surface area (Å²) in [5, 5.41) is 0. The summed E-state index contributed by atoms with van der Waals surface area (Å²) in [5.74, 6) is 0.541. The molecular weight excluding hydrogens is 252 g/mol. The molecule has 1 aliphatic heterocycles. The van der Waals surface area contributed by atoms with E-state index in [1.807, 2.05) is 25.3 Å². The Kier molecular flexibility index (Phi) is 2.78. The van der Waals surface area contributed by atoms with Gasteiger partial charge >= 0.3 is 0 Å². The van der Waals surface area contributed by atoms with Crippen molar-refractivity contribution in [1.29, 1.82) is 0 Å².